The van der Waals surface area contributed by atoms with E-state index in [1.165, 1.54) is 6.92 Å². The van der Waals surface area contributed by atoms with Crippen LogP contribution in [0.5, 0.6) is 0 Å². The zero-order valence-electron chi connectivity index (χ0n) is 7.19. The lowest BCUT2D eigenvalue weighted by Gasteiger charge is -2.03. The molecule has 0 aliphatic rings. The van der Waals surface area contributed by atoms with E-state index in [2.05, 4.69) is 16.3 Å². The van der Waals surface area contributed by atoms with Crippen molar-refractivity contribution in [3.05, 3.63) is 12.7 Å². The Morgan fingerprint density at radius 1 is 1.54 bits per heavy atom. The van der Waals surface area contributed by atoms with Crippen LogP contribution in [0, 0.1) is 0 Å². The molecule has 4 N–H and O–H groups in total. The quantitative estimate of drug-likeness (QED) is 0.191. The van der Waals surface area contributed by atoms with Crippen LogP contribution in [0.2, 0.25) is 0 Å². The van der Waals surface area contributed by atoms with Gasteiger partial charge < -0.3 is 16.2 Å². The van der Waals surface area contributed by atoms with Crippen LogP contribution in [0.3, 0.4) is 0 Å². The summed E-state index contributed by atoms with van der Waals surface area (Å²) >= 11 is 0. The van der Waals surface area contributed by atoms with Crippen LogP contribution in [0.4, 0.5) is 0 Å². The van der Waals surface area contributed by atoms with Crippen molar-refractivity contribution in [2.45, 2.75) is 13.0 Å². The number of rotatable bonds is 3. The molecule has 0 aliphatic heterocycles. The number of nitrogens with two attached hydrogens (primary N) is 2. The lowest BCUT2D eigenvalue weighted by molar-refractivity contribution is -0.156. The predicted octanol–water partition coefficient (Wildman–Crippen LogP) is -1.10. The Hall–Kier alpha value is -1.85. The number of esters is 2. The lowest BCUT2D eigenvalue weighted by atomic mass is 10.4. The standard InChI is InChI=1S/C7H11N3O3/c1-3-5(11)13-6(12)4(2)10-7(8)9/h3-4H,1H2,2H3,(H4,8,9,10). The van der Waals surface area contributed by atoms with Crippen molar-refractivity contribution in [3.63, 3.8) is 0 Å². The third kappa shape index (κ3) is 4.57. The maximum absolute atomic E-state index is 10.9. The number of nitrogens with zero attached hydrogens (tertiary/aromatic N) is 1. The Balaban J connectivity index is 4.20. The van der Waals surface area contributed by atoms with E-state index >= 15 is 0 Å². The van der Waals surface area contributed by atoms with Gasteiger partial charge >= 0.3 is 11.9 Å². The minimum atomic E-state index is -0.895. The number of hydrogen-bond donors (Lipinski definition) is 2. The van der Waals surface area contributed by atoms with E-state index in [0.29, 0.717) is 0 Å². The second kappa shape index (κ2) is 4.91. The molecule has 0 heterocycles. The first kappa shape index (κ1) is 11.2. The molecule has 1 atom stereocenters. The summed E-state index contributed by atoms with van der Waals surface area (Å²) in [6, 6.07) is -0.895. The van der Waals surface area contributed by atoms with Gasteiger partial charge in [0, 0.05) is 6.08 Å². The first-order valence-electron chi connectivity index (χ1n) is 3.44. The van der Waals surface area contributed by atoms with Gasteiger partial charge in [-0.15, -0.1) is 0 Å². The fourth-order valence-electron chi connectivity index (χ4n) is 0.502. The van der Waals surface area contributed by atoms with Crippen molar-refractivity contribution >= 4 is 17.9 Å². The summed E-state index contributed by atoms with van der Waals surface area (Å²) in [5, 5.41) is 0. The highest BCUT2D eigenvalue weighted by Gasteiger charge is 2.15. The Bertz CT molecular complexity index is 256. The normalized spacial score (nSPS) is 11.2. The molecule has 1 unspecified atom stereocenters. The maximum Gasteiger partial charge on any atom is 0.338 e. The molecule has 0 spiro atoms. The van der Waals surface area contributed by atoms with Gasteiger partial charge in [-0.25, -0.2) is 14.6 Å². The van der Waals surface area contributed by atoms with Crippen molar-refractivity contribution in [2.75, 3.05) is 0 Å². The number of guanidine groups is 1. The predicted molar refractivity (Wildman–Crippen MR) is 46.6 cm³/mol. The van der Waals surface area contributed by atoms with Crippen molar-refractivity contribution in [1.29, 1.82) is 0 Å². The summed E-state index contributed by atoms with van der Waals surface area (Å²) < 4.78 is 4.25. The van der Waals surface area contributed by atoms with Crippen LogP contribution in [0.1, 0.15) is 6.92 Å². The zero-order valence-corrected chi connectivity index (χ0v) is 7.19. The topological polar surface area (TPSA) is 108 Å². The van der Waals surface area contributed by atoms with Crippen LogP contribution in [-0.4, -0.2) is 23.9 Å². The summed E-state index contributed by atoms with van der Waals surface area (Å²) in [6.45, 7) is 4.52. The molecule has 6 nitrogen and oxygen atoms in total. The van der Waals surface area contributed by atoms with Gasteiger partial charge in [0.2, 0.25) is 0 Å². The molecular weight excluding hydrogens is 174 g/mol. The van der Waals surface area contributed by atoms with Gasteiger partial charge in [0.25, 0.3) is 0 Å². The third-order valence-electron chi connectivity index (χ3n) is 1.05. The second-order valence-corrected chi connectivity index (χ2v) is 2.17. The van der Waals surface area contributed by atoms with Crippen LogP contribution >= 0.6 is 0 Å². The van der Waals surface area contributed by atoms with Gasteiger partial charge in [-0.3, -0.25) is 0 Å². The van der Waals surface area contributed by atoms with E-state index in [4.69, 9.17) is 11.5 Å². The van der Waals surface area contributed by atoms with Crippen LogP contribution in [0.15, 0.2) is 17.6 Å². The SMILES string of the molecule is C=CC(=O)OC(=O)C(C)N=C(N)N. The Kier molecular flexibility index (Phi) is 4.21. The van der Waals surface area contributed by atoms with Crippen molar-refractivity contribution < 1.29 is 14.3 Å². The van der Waals surface area contributed by atoms with E-state index in [1.54, 1.807) is 0 Å². The maximum atomic E-state index is 10.9. The first-order valence-corrected chi connectivity index (χ1v) is 3.44. The Morgan fingerprint density at radius 3 is 2.46 bits per heavy atom. The van der Waals surface area contributed by atoms with E-state index in [-0.39, 0.29) is 5.96 Å². The molecular formula is C7H11N3O3. The molecule has 0 amide bonds. The highest BCUT2D eigenvalue weighted by atomic mass is 16.6. The van der Waals surface area contributed by atoms with Crippen molar-refractivity contribution in [2.24, 2.45) is 16.5 Å². The van der Waals surface area contributed by atoms with E-state index in [1.807, 2.05) is 0 Å². The molecule has 72 valence electrons. The number of carbonyl (C=O) groups excluding carboxylic acids is 2. The van der Waals surface area contributed by atoms with Crippen LogP contribution < -0.4 is 11.5 Å². The molecule has 13 heavy (non-hydrogen) atoms. The molecule has 0 aromatic rings. The number of carbonyl (C=O) groups is 2. The fourth-order valence-corrected chi connectivity index (χ4v) is 0.502. The summed E-state index contributed by atoms with van der Waals surface area (Å²) in [5.41, 5.74) is 10.0. The van der Waals surface area contributed by atoms with E-state index < -0.39 is 18.0 Å². The zero-order chi connectivity index (χ0) is 10.4. The number of aliphatic imine (C=N–C) groups is 1. The second-order valence-electron chi connectivity index (χ2n) is 2.17. The van der Waals surface area contributed by atoms with Gasteiger partial charge in [0.05, 0.1) is 0 Å². The first-order chi connectivity index (χ1) is 5.97. The molecule has 0 radical (unpaired) electrons. The Labute approximate surface area is 75.3 Å². The fraction of sp³-hybridized carbons (Fsp3) is 0.286. The molecule has 0 saturated heterocycles. The highest BCUT2D eigenvalue weighted by molar-refractivity contribution is 5.94. The molecule has 6 heteroatoms. The molecule has 0 aromatic heterocycles. The van der Waals surface area contributed by atoms with Gasteiger partial charge in [-0.2, -0.15) is 0 Å². The third-order valence-corrected chi connectivity index (χ3v) is 1.05. The average molecular weight is 185 g/mol. The lowest BCUT2D eigenvalue weighted by Crippen LogP contribution is -2.29. The largest absolute Gasteiger partial charge is 0.388 e. The summed E-state index contributed by atoms with van der Waals surface area (Å²) in [7, 11) is 0. The number of hydrogen-bond acceptors (Lipinski definition) is 4. The molecule has 0 bridgehead atoms. The summed E-state index contributed by atoms with van der Waals surface area (Å²) in [4.78, 5) is 25.0. The highest BCUT2D eigenvalue weighted by Crippen LogP contribution is 1.94. The molecule has 0 rings (SSSR count). The van der Waals surface area contributed by atoms with Gasteiger partial charge in [0.15, 0.2) is 5.96 Å². The van der Waals surface area contributed by atoms with Crippen LogP contribution in [0.25, 0.3) is 0 Å². The summed E-state index contributed by atoms with van der Waals surface area (Å²) in [6.07, 6.45) is 0.875. The Morgan fingerprint density at radius 2 is 2.08 bits per heavy atom. The molecule has 0 saturated carbocycles. The molecule has 0 aliphatic carbocycles. The van der Waals surface area contributed by atoms with Gasteiger partial charge in [-0.05, 0) is 6.92 Å². The molecule has 0 aromatic carbocycles. The smallest absolute Gasteiger partial charge is 0.338 e. The van der Waals surface area contributed by atoms with E-state index in [9.17, 15) is 9.59 Å². The monoisotopic (exact) mass is 185 g/mol. The van der Waals surface area contributed by atoms with Crippen molar-refractivity contribution in [1.82, 2.24) is 0 Å². The van der Waals surface area contributed by atoms with Crippen LogP contribution in [-0.2, 0) is 14.3 Å². The number of ether oxygens (including phenoxy) is 1. The summed E-state index contributed by atoms with van der Waals surface area (Å²) in [5.74, 6) is -1.89. The van der Waals surface area contributed by atoms with Crippen molar-refractivity contribution in [3.8, 4) is 0 Å². The molecule has 0 fully saturated rings. The minimum Gasteiger partial charge on any atom is -0.388 e. The van der Waals surface area contributed by atoms with Gasteiger partial charge in [0.1, 0.15) is 6.04 Å². The van der Waals surface area contributed by atoms with E-state index in [0.717, 1.165) is 6.08 Å². The van der Waals surface area contributed by atoms with Gasteiger partial charge in [-0.1, -0.05) is 6.58 Å². The average Bonchev–Trinajstić information content (AvgIpc) is 2.02. The minimum absolute atomic E-state index is 0.240.